The minimum absolute atomic E-state index is 0.0110. The fraction of sp³-hybridized carbons (Fsp3) is 0.667. The van der Waals surface area contributed by atoms with Crippen LogP contribution in [0.1, 0.15) is 25.5 Å². The summed E-state index contributed by atoms with van der Waals surface area (Å²) in [6.45, 7) is 3.62. The summed E-state index contributed by atoms with van der Waals surface area (Å²) in [7, 11) is 0. The Morgan fingerprint density at radius 2 is 2.20 bits per heavy atom. The van der Waals surface area contributed by atoms with Crippen molar-refractivity contribution in [3.63, 3.8) is 0 Å². The Hall–Kier alpha value is -1.08. The maximum Gasteiger partial charge on any atom is 0.433 e. The van der Waals surface area contributed by atoms with E-state index in [0.717, 1.165) is 18.9 Å². The van der Waals surface area contributed by atoms with Crippen molar-refractivity contribution in [3.8, 4) is 0 Å². The van der Waals surface area contributed by atoms with E-state index in [0.29, 0.717) is 19.7 Å². The van der Waals surface area contributed by atoms with Crippen LogP contribution in [0.25, 0.3) is 0 Å². The third-order valence-corrected chi connectivity index (χ3v) is 3.25. The van der Waals surface area contributed by atoms with E-state index in [4.69, 9.17) is 16.3 Å². The van der Waals surface area contributed by atoms with E-state index in [-0.39, 0.29) is 11.9 Å². The summed E-state index contributed by atoms with van der Waals surface area (Å²) in [5, 5.41) is -0.395. The molecule has 0 amide bonds. The number of ether oxygens (including phenoxy) is 1. The van der Waals surface area contributed by atoms with E-state index in [1.165, 1.54) is 0 Å². The van der Waals surface area contributed by atoms with Crippen molar-refractivity contribution in [2.75, 3.05) is 24.6 Å². The highest BCUT2D eigenvalue weighted by atomic mass is 35.5. The molecule has 1 atom stereocenters. The molecule has 0 bridgehead atoms. The second-order valence-electron chi connectivity index (χ2n) is 4.54. The summed E-state index contributed by atoms with van der Waals surface area (Å²) in [6, 6.07) is 0.931. The molecule has 2 heterocycles. The van der Waals surface area contributed by atoms with Gasteiger partial charge in [-0.1, -0.05) is 0 Å². The molecule has 0 saturated carbocycles. The van der Waals surface area contributed by atoms with Gasteiger partial charge in [0.2, 0.25) is 5.28 Å². The van der Waals surface area contributed by atoms with Gasteiger partial charge in [0.1, 0.15) is 5.82 Å². The zero-order valence-corrected chi connectivity index (χ0v) is 11.7. The molecule has 1 aromatic rings. The average molecular weight is 310 g/mol. The van der Waals surface area contributed by atoms with Crippen molar-refractivity contribution in [2.45, 2.75) is 32.0 Å². The number of hydrogen-bond acceptors (Lipinski definition) is 4. The summed E-state index contributed by atoms with van der Waals surface area (Å²) in [5.74, 6) is 0.196. The standard InChI is InChI=1S/C12H15ClF3N3O/c1-2-20-8-4-3-5-19(7-8)10-6-9(12(14,15)16)17-11(13)18-10/h6,8H,2-5,7H2,1H3. The van der Waals surface area contributed by atoms with Gasteiger partial charge in [-0.15, -0.1) is 0 Å². The summed E-state index contributed by atoms with van der Waals surface area (Å²) >= 11 is 5.59. The third kappa shape index (κ3) is 3.73. The lowest BCUT2D eigenvalue weighted by atomic mass is 10.1. The third-order valence-electron chi connectivity index (χ3n) is 3.08. The van der Waals surface area contributed by atoms with Crippen molar-refractivity contribution in [1.82, 2.24) is 9.97 Å². The fourth-order valence-corrected chi connectivity index (χ4v) is 2.41. The highest BCUT2D eigenvalue weighted by molar-refractivity contribution is 6.28. The van der Waals surface area contributed by atoms with Crippen LogP contribution in [0.15, 0.2) is 6.07 Å². The molecule has 1 saturated heterocycles. The van der Waals surface area contributed by atoms with Gasteiger partial charge in [-0.3, -0.25) is 0 Å². The van der Waals surface area contributed by atoms with Crippen LogP contribution >= 0.6 is 11.6 Å². The number of nitrogens with zero attached hydrogens (tertiary/aromatic N) is 3. The smallest absolute Gasteiger partial charge is 0.377 e. The minimum Gasteiger partial charge on any atom is -0.377 e. The Kier molecular flexibility index (Phi) is 4.70. The first-order valence-corrected chi connectivity index (χ1v) is 6.76. The molecule has 0 aromatic carbocycles. The topological polar surface area (TPSA) is 38.2 Å². The Morgan fingerprint density at radius 3 is 2.85 bits per heavy atom. The molecule has 4 nitrogen and oxygen atoms in total. The second kappa shape index (κ2) is 6.13. The Bertz CT molecular complexity index is 468. The summed E-state index contributed by atoms with van der Waals surface area (Å²) in [5.41, 5.74) is -1.02. The monoisotopic (exact) mass is 309 g/mol. The molecular weight excluding hydrogens is 295 g/mol. The van der Waals surface area contributed by atoms with E-state index in [1.54, 1.807) is 4.90 Å². The molecule has 1 aliphatic rings. The summed E-state index contributed by atoms with van der Waals surface area (Å²) in [4.78, 5) is 8.87. The molecule has 1 aromatic heterocycles. The lowest BCUT2D eigenvalue weighted by Crippen LogP contribution is -2.40. The van der Waals surface area contributed by atoms with Crippen LogP contribution < -0.4 is 4.90 Å². The summed E-state index contributed by atoms with van der Waals surface area (Å²) < 4.78 is 43.7. The van der Waals surface area contributed by atoms with Crippen molar-refractivity contribution in [2.24, 2.45) is 0 Å². The largest absolute Gasteiger partial charge is 0.433 e. The van der Waals surface area contributed by atoms with Crippen LogP contribution in [0.2, 0.25) is 5.28 Å². The quantitative estimate of drug-likeness (QED) is 0.804. The van der Waals surface area contributed by atoms with E-state index in [9.17, 15) is 13.2 Å². The van der Waals surface area contributed by atoms with E-state index in [1.807, 2.05) is 6.92 Å². The lowest BCUT2D eigenvalue weighted by Gasteiger charge is -2.33. The van der Waals surface area contributed by atoms with Crippen LogP contribution in [0.4, 0.5) is 19.0 Å². The van der Waals surface area contributed by atoms with Gasteiger partial charge < -0.3 is 9.64 Å². The number of anilines is 1. The predicted molar refractivity (Wildman–Crippen MR) is 68.9 cm³/mol. The number of alkyl halides is 3. The van der Waals surface area contributed by atoms with Crippen molar-refractivity contribution in [1.29, 1.82) is 0 Å². The van der Waals surface area contributed by atoms with Gasteiger partial charge >= 0.3 is 6.18 Å². The first-order chi connectivity index (χ1) is 9.40. The molecule has 2 rings (SSSR count). The number of aromatic nitrogens is 2. The number of piperidine rings is 1. The fourth-order valence-electron chi connectivity index (χ4n) is 2.23. The Balaban J connectivity index is 2.21. The number of halogens is 4. The molecule has 8 heteroatoms. The SMILES string of the molecule is CCOC1CCCN(c2cc(C(F)(F)F)nc(Cl)n2)C1. The second-order valence-corrected chi connectivity index (χ2v) is 4.88. The van der Waals surface area contributed by atoms with Gasteiger partial charge in [0, 0.05) is 25.8 Å². The van der Waals surface area contributed by atoms with Crippen molar-refractivity contribution in [3.05, 3.63) is 17.0 Å². The molecule has 1 fully saturated rings. The van der Waals surface area contributed by atoms with Gasteiger partial charge in [0.05, 0.1) is 6.10 Å². The maximum absolute atomic E-state index is 12.7. The van der Waals surface area contributed by atoms with Crippen LogP contribution in [0.3, 0.4) is 0 Å². The van der Waals surface area contributed by atoms with Crippen LogP contribution in [0.5, 0.6) is 0 Å². The minimum atomic E-state index is -4.53. The molecule has 0 radical (unpaired) electrons. The Labute approximate surface area is 119 Å². The van der Waals surface area contributed by atoms with Gasteiger partial charge in [0.15, 0.2) is 5.69 Å². The van der Waals surface area contributed by atoms with E-state index >= 15 is 0 Å². The highest BCUT2D eigenvalue weighted by Gasteiger charge is 2.34. The first kappa shape index (κ1) is 15.3. The lowest BCUT2D eigenvalue weighted by molar-refractivity contribution is -0.141. The first-order valence-electron chi connectivity index (χ1n) is 6.38. The van der Waals surface area contributed by atoms with Crippen LogP contribution in [-0.2, 0) is 10.9 Å². The number of rotatable bonds is 3. The zero-order chi connectivity index (χ0) is 14.8. The molecule has 1 unspecified atom stereocenters. The van der Waals surface area contributed by atoms with Gasteiger partial charge in [0.25, 0.3) is 0 Å². The molecule has 20 heavy (non-hydrogen) atoms. The van der Waals surface area contributed by atoms with Crippen molar-refractivity contribution >= 4 is 17.4 Å². The molecule has 0 N–H and O–H groups in total. The molecule has 112 valence electrons. The Morgan fingerprint density at radius 1 is 1.45 bits per heavy atom. The van der Waals surface area contributed by atoms with Gasteiger partial charge in [-0.25, -0.2) is 9.97 Å². The molecule has 1 aliphatic heterocycles. The normalized spacial score (nSPS) is 20.2. The van der Waals surface area contributed by atoms with Crippen LogP contribution in [0, 0.1) is 0 Å². The van der Waals surface area contributed by atoms with E-state index in [2.05, 4.69) is 9.97 Å². The van der Waals surface area contributed by atoms with Gasteiger partial charge in [-0.2, -0.15) is 13.2 Å². The molecule has 0 spiro atoms. The molecule has 0 aliphatic carbocycles. The predicted octanol–water partition coefficient (Wildman–Crippen LogP) is 3.15. The van der Waals surface area contributed by atoms with Crippen LogP contribution in [-0.4, -0.2) is 35.8 Å². The summed E-state index contributed by atoms with van der Waals surface area (Å²) in [6.07, 6.45) is -2.78. The maximum atomic E-state index is 12.7. The van der Waals surface area contributed by atoms with E-state index < -0.39 is 17.2 Å². The highest BCUT2D eigenvalue weighted by Crippen LogP contribution is 2.31. The van der Waals surface area contributed by atoms with Crippen molar-refractivity contribution < 1.29 is 17.9 Å². The van der Waals surface area contributed by atoms with Gasteiger partial charge in [-0.05, 0) is 31.4 Å². The zero-order valence-electron chi connectivity index (χ0n) is 11.0. The number of hydrogen-bond donors (Lipinski definition) is 0. The molecular formula is C12H15ClF3N3O. The average Bonchev–Trinajstić information content (AvgIpc) is 2.38.